The van der Waals surface area contributed by atoms with Crippen molar-refractivity contribution in [1.29, 1.82) is 0 Å². The van der Waals surface area contributed by atoms with E-state index in [9.17, 15) is 4.79 Å². The average Bonchev–Trinajstić information content (AvgIpc) is 2.96. The van der Waals surface area contributed by atoms with E-state index in [0.717, 1.165) is 12.0 Å². The van der Waals surface area contributed by atoms with Gasteiger partial charge in [0, 0.05) is 19.0 Å². The second-order valence-electron chi connectivity index (χ2n) is 5.03. The molecule has 0 radical (unpaired) electrons. The molecule has 3 N–H and O–H groups in total. The molecule has 5 nitrogen and oxygen atoms in total. The van der Waals surface area contributed by atoms with Crippen LogP contribution in [-0.2, 0) is 4.74 Å². The molecule has 108 valence electrons. The third kappa shape index (κ3) is 2.87. The zero-order valence-electron chi connectivity index (χ0n) is 11.5. The summed E-state index contributed by atoms with van der Waals surface area (Å²) >= 11 is 0. The Hall–Kier alpha value is -2.40. The van der Waals surface area contributed by atoms with Crippen LogP contribution >= 0.6 is 0 Å². The number of nitrogens with zero attached hydrogens (tertiary/aromatic N) is 1. The van der Waals surface area contributed by atoms with Gasteiger partial charge in [-0.2, -0.15) is 0 Å². The average molecular weight is 283 g/mol. The van der Waals surface area contributed by atoms with E-state index in [-0.39, 0.29) is 12.1 Å². The van der Waals surface area contributed by atoms with Crippen LogP contribution in [0.2, 0.25) is 0 Å². The van der Waals surface area contributed by atoms with Crippen molar-refractivity contribution in [2.45, 2.75) is 18.6 Å². The molecule has 0 saturated carbocycles. The van der Waals surface area contributed by atoms with Crippen molar-refractivity contribution < 1.29 is 9.53 Å². The summed E-state index contributed by atoms with van der Waals surface area (Å²) < 4.78 is 5.83. The van der Waals surface area contributed by atoms with Crippen molar-refractivity contribution >= 4 is 11.6 Å². The Bertz CT molecular complexity index is 630. The van der Waals surface area contributed by atoms with E-state index in [0.29, 0.717) is 17.9 Å². The Morgan fingerprint density at radius 3 is 2.86 bits per heavy atom. The Kier molecular flexibility index (Phi) is 3.83. The Morgan fingerprint density at radius 1 is 1.29 bits per heavy atom. The number of nitrogens with two attached hydrogens (primary N) is 1. The van der Waals surface area contributed by atoms with Crippen LogP contribution < -0.4 is 11.1 Å². The summed E-state index contributed by atoms with van der Waals surface area (Å²) in [4.78, 5) is 15.4. The minimum Gasteiger partial charge on any atom is -0.379 e. The number of benzene rings is 1. The first-order chi connectivity index (χ1) is 10.3. The number of carbonyl (C=O) groups is 1. The van der Waals surface area contributed by atoms with E-state index < -0.39 is 5.91 Å². The highest BCUT2D eigenvalue weighted by Gasteiger charge is 2.30. The van der Waals surface area contributed by atoms with Gasteiger partial charge in [0.15, 0.2) is 0 Å². The van der Waals surface area contributed by atoms with E-state index in [4.69, 9.17) is 10.5 Å². The molecular weight excluding hydrogens is 266 g/mol. The summed E-state index contributed by atoms with van der Waals surface area (Å²) in [5.74, 6) is -0.485. The van der Waals surface area contributed by atoms with Gasteiger partial charge in [0.2, 0.25) is 0 Å². The van der Waals surface area contributed by atoms with Crippen LogP contribution in [0.1, 0.15) is 28.4 Å². The third-order valence-electron chi connectivity index (χ3n) is 3.65. The van der Waals surface area contributed by atoms with Crippen LogP contribution in [0.25, 0.3) is 0 Å². The first-order valence-corrected chi connectivity index (χ1v) is 6.92. The lowest BCUT2D eigenvalue weighted by Crippen LogP contribution is -2.25. The number of pyridine rings is 1. The van der Waals surface area contributed by atoms with Crippen LogP contribution in [0.15, 0.2) is 48.8 Å². The number of carbonyl (C=O) groups excluding carboxylic acids is 1. The Balaban J connectivity index is 1.83. The van der Waals surface area contributed by atoms with Crippen LogP contribution in [-0.4, -0.2) is 23.5 Å². The molecule has 3 rings (SSSR count). The van der Waals surface area contributed by atoms with Gasteiger partial charge >= 0.3 is 0 Å². The molecule has 1 aromatic heterocycles. The van der Waals surface area contributed by atoms with E-state index in [1.165, 1.54) is 6.20 Å². The van der Waals surface area contributed by atoms with Gasteiger partial charge in [-0.1, -0.05) is 30.3 Å². The highest BCUT2D eigenvalue weighted by Crippen LogP contribution is 2.31. The number of amides is 1. The molecule has 2 atom stereocenters. The minimum atomic E-state index is -0.485. The second-order valence-corrected chi connectivity index (χ2v) is 5.03. The molecule has 5 heteroatoms. The highest BCUT2D eigenvalue weighted by molar-refractivity contribution is 5.98. The predicted molar refractivity (Wildman–Crippen MR) is 79.9 cm³/mol. The van der Waals surface area contributed by atoms with Gasteiger partial charge < -0.3 is 15.8 Å². The lowest BCUT2D eigenvalue weighted by molar-refractivity contribution is 0.0999. The van der Waals surface area contributed by atoms with Gasteiger partial charge in [0.25, 0.3) is 5.91 Å². The fraction of sp³-hybridized carbons (Fsp3) is 0.250. The first-order valence-electron chi connectivity index (χ1n) is 6.92. The quantitative estimate of drug-likeness (QED) is 0.901. The molecule has 1 aliphatic rings. The van der Waals surface area contributed by atoms with Crippen molar-refractivity contribution in [3.05, 3.63) is 59.9 Å². The zero-order valence-corrected chi connectivity index (χ0v) is 11.5. The second kappa shape index (κ2) is 5.93. The fourth-order valence-electron chi connectivity index (χ4n) is 2.63. The normalized spacial score (nSPS) is 21.1. The summed E-state index contributed by atoms with van der Waals surface area (Å²) in [5.41, 5.74) is 7.61. The van der Waals surface area contributed by atoms with Gasteiger partial charge in [0.05, 0.1) is 17.3 Å². The maximum atomic E-state index is 11.5. The lowest BCUT2D eigenvalue weighted by Gasteiger charge is -2.22. The fourth-order valence-corrected chi connectivity index (χ4v) is 2.63. The summed E-state index contributed by atoms with van der Waals surface area (Å²) in [6, 6.07) is 11.9. The number of anilines is 1. The SMILES string of the molecule is NC(=O)c1cnccc1NC1CCOC1c1ccccc1. The van der Waals surface area contributed by atoms with Crippen LogP contribution in [0, 0.1) is 0 Å². The summed E-state index contributed by atoms with van der Waals surface area (Å²) in [6.07, 6.45) is 3.97. The molecule has 1 fully saturated rings. The van der Waals surface area contributed by atoms with Gasteiger partial charge in [-0.15, -0.1) is 0 Å². The topological polar surface area (TPSA) is 77.2 Å². The van der Waals surface area contributed by atoms with Crippen LogP contribution in [0.5, 0.6) is 0 Å². The van der Waals surface area contributed by atoms with Crippen molar-refractivity contribution in [2.75, 3.05) is 11.9 Å². The lowest BCUT2D eigenvalue weighted by atomic mass is 10.0. The molecule has 1 aliphatic heterocycles. The highest BCUT2D eigenvalue weighted by atomic mass is 16.5. The first kappa shape index (κ1) is 13.6. The van der Waals surface area contributed by atoms with Gasteiger partial charge in [-0.25, -0.2) is 0 Å². The zero-order chi connectivity index (χ0) is 14.7. The molecule has 2 aromatic rings. The van der Waals surface area contributed by atoms with E-state index >= 15 is 0 Å². The molecule has 0 bridgehead atoms. The maximum Gasteiger partial charge on any atom is 0.252 e. The number of hydrogen-bond acceptors (Lipinski definition) is 4. The van der Waals surface area contributed by atoms with Crippen molar-refractivity contribution in [1.82, 2.24) is 4.98 Å². The van der Waals surface area contributed by atoms with Crippen LogP contribution in [0.4, 0.5) is 5.69 Å². The predicted octanol–water partition coefficient (Wildman–Crippen LogP) is 2.12. The van der Waals surface area contributed by atoms with E-state index in [1.807, 2.05) is 30.3 Å². The molecule has 2 unspecified atom stereocenters. The number of hydrogen-bond donors (Lipinski definition) is 2. The number of primary amides is 1. The minimum absolute atomic E-state index is 0.0277. The van der Waals surface area contributed by atoms with Gasteiger partial charge in [-0.3, -0.25) is 9.78 Å². The number of rotatable bonds is 4. The van der Waals surface area contributed by atoms with Gasteiger partial charge in [-0.05, 0) is 18.1 Å². The van der Waals surface area contributed by atoms with Crippen molar-refractivity contribution in [3.8, 4) is 0 Å². The molecule has 1 saturated heterocycles. The van der Waals surface area contributed by atoms with Crippen molar-refractivity contribution in [2.24, 2.45) is 5.73 Å². The number of nitrogens with one attached hydrogen (secondary N) is 1. The molecule has 1 amide bonds. The molecule has 1 aromatic carbocycles. The monoisotopic (exact) mass is 283 g/mol. The standard InChI is InChI=1S/C16H17N3O2/c17-16(20)12-10-18-8-6-13(12)19-14-7-9-21-15(14)11-4-2-1-3-5-11/h1-6,8,10,14-15H,7,9H2,(H2,17,20)(H,18,19). The van der Waals surface area contributed by atoms with Gasteiger partial charge in [0.1, 0.15) is 6.10 Å². The Morgan fingerprint density at radius 2 is 2.10 bits per heavy atom. The third-order valence-corrected chi connectivity index (χ3v) is 3.65. The number of aromatic nitrogens is 1. The molecule has 21 heavy (non-hydrogen) atoms. The smallest absolute Gasteiger partial charge is 0.252 e. The van der Waals surface area contributed by atoms with Crippen molar-refractivity contribution in [3.63, 3.8) is 0 Å². The molecule has 2 heterocycles. The maximum absolute atomic E-state index is 11.5. The summed E-state index contributed by atoms with van der Waals surface area (Å²) in [6.45, 7) is 0.689. The van der Waals surface area contributed by atoms with Crippen LogP contribution in [0.3, 0.4) is 0 Å². The molecular formula is C16H17N3O2. The number of ether oxygens (including phenoxy) is 1. The Labute approximate surface area is 123 Å². The van der Waals surface area contributed by atoms with E-state index in [1.54, 1.807) is 12.3 Å². The van der Waals surface area contributed by atoms with E-state index in [2.05, 4.69) is 10.3 Å². The molecule has 0 spiro atoms. The largest absolute Gasteiger partial charge is 0.379 e. The summed E-state index contributed by atoms with van der Waals surface area (Å²) in [5, 5.41) is 3.37. The summed E-state index contributed by atoms with van der Waals surface area (Å²) in [7, 11) is 0. The molecule has 0 aliphatic carbocycles.